The number of hydrogen-bond acceptors (Lipinski definition) is 0. The number of rotatable bonds is 0. The third-order valence-electron chi connectivity index (χ3n) is 3.17. The van der Waals surface area contributed by atoms with Crippen LogP contribution in [0.1, 0.15) is 11.1 Å². The fourth-order valence-corrected chi connectivity index (χ4v) is 2.32. The van der Waals surface area contributed by atoms with Crippen molar-refractivity contribution in [1.29, 1.82) is 0 Å². The first-order valence-corrected chi connectivity index (χ1v) is 9.66. The van der Waals surface area contributed by atoms with Gasteiger partial charge in [-0.1, -0.05) is 48.5 Å². The molecule has 1 radical (unpaired) electrons. The standard InChI is InChI=1S/C13H9.C5H5.C2H7Si.2ClH.Ti/c1-3-7-12-10(5-1)9-11-6-2-4-8-13(11)12;1-2-4-5-3-1;1-3-2;;;/h1-5,7-8H,9H2;1-5H;3H,1-2H3;2*1H;/q2*-1;;;;+4/p-2. The number of benzene rings is 2. The molecule has 1 aliphatic carbocycles. The van der Waals surface area contributed by atoms with Crippen LogP contribution in [0.15, 0.2) is 72.8 Å². The summed E-state index contributed by atoms with van der Waals surface area (Å²) in [6.07, 6.45) is 1.05. The van der Waals surface area contributed by atoms with E-state index in [4.69, 9.17) is 0 Å². The third-order valence-corrected chi connectivity index (χ3v) is 3.17. The van der Waals surface area contributed by atoms with Crippen molar-refractivity contribution < 1.29 is 46.5 Å². The molecular weight excluding hydrogens is 387 g/mol. The first-order valence-electron chi connectivity index (χ1n) is 7.35. The van der Waals surface area contributed by atoms with Crippen molar-refractivity contribution in [3.8, 4) is 11.1 Å². The first-order chi connectivity index (χ1) is 10.4. The summed E-state index contributed by atoms with van der Waals surface area (Å²) in [6.45, 7) is 4.42. The molecule has 0 fully saturated rings. The zero-order valence-electron chi connectivity index (χ0n) is 14.0. The van der Waals surface area contributed by atoms with Crippen molar-refractivity contribution in [2.75, 3.05) is 0 Å². The Morgan fingerprint density at radius 2 is 1.46 bits per heavy atom. The summed E-state index contributed by atoms with van der Waals surface area (Å²) < 4.78 is 0. The molecule has 4 rings (SSSR count). The van der Waals surface area contributed by atoms with Gasteiger partial charge in [0.2, 0.25) is 0 Å². The Labute approximate surface area is 176 Å². The molecule has 24 heavy (non-hydrogen) atoms. The summed E-state index contributed by atoms with van der Waals surface area (Å²) in [4.78, 5) is 0. The molecule has 0 saturated carbocycles. The molecule has 1 aliphatic rings. The van der Waals surface area contributed by atoms with Gasteiger partial charge in [-0.25, -0.2) is 12.1 Å². The second kappa shape index (κ2) is 14.6. The molecule has 0 nitrogen and oxygen atoms in total. The summed E-state index contributed by atoms with van der Waals surface area (Å²) >= 11 is 0. The molecule has 3 aromatic carbocycles. The largest absolute Gasteiger partial charge is 4.00 e. The molecule has 0 aromatic heterocycles. The quantitative estimate of drug-likeness (QED) is 0.259. The van der Waals surface area contributed by atoms with E-state index in [9.17, 15) is 0 Å². The second-order valence-electron chi connectivity index (χ2n) is 4.94. The van der Waals surface area contributed by atoms with Crippen LogP contribution in [0.2, 0.25) is 13.1 Å². The number of halogens is 2. The number of hydrogen-bond donors (Lipinski definition) is 0. The predicted molar refractivity (Wildman–Crippen MR) is 94.4 cm³/mol. The Kier molecular flexibility index (Phi) is 15.6. The van der Waals surface area contributed by atoms with Gasteiger partial charge in [0, 0.05) is 9.52 Å². The summed E-state index contributed by atoms with van der Waals surface area (Å²) in [5.74, 6) is 0. The van der Waals surface area contributed by atoms with Crippen LogP contribution in [0, 0.1) is 6.07 Å². The molecule has 0 aliphatic heterocycles. The molecule has 0 unspecified atom stereocenters. The summed E-state index contributed by atoms with van der Waals surface area (Å²) in [5, 5.41) is 0. The molecule has 4 heteroatoms. The summed E-state index contributed by atoms with van der Waals surface area (Å²) in [5.41, 5.74) is 5.51. The molecule has 0 bridgehead atoms. The summed E-state index contributed by atoms with van der Waals surface area (Å²) in [7, 11) is 0.750. The van der Waals surface area contributed by atoms with Crippen LogP contribution in [0.4, 0.5) is 0 Å². The Morgan fingerprint density at radius 3 is 2.04 bits per heavy atom. The van der Waals surface area contributed by atoms with Gasteiger partial charge in [-0.3, -0.25) is 0 Å². The monoisotopic (exact) mass is 407 g/mol. The van der Waals surface area contributed by atoms with Gasteiger partial charge in [-0.2, -0.15) is 48.0 Å². The molecule has 123 valence electrons. The van der Waals surface area contributed by atoms with E-state index in [1.165, 1.54) is 22.3 Å². The zero-order chi connectivity index (χ0) is 14.9. The molecular formula is C20H21Cl2SiTi. The van der Waals surface area contributed by atoms with Crippen LogP contribution < -0.4 is 24.8 Å². The smallest absolute Gasteiger partial charge is 1.00 e. The van der Waals surface area contributed by atoms with Gasteiger partial charge in [0.1, 0.15) is 0 Å². The van der Waals surface area contributed by atoms with Crippen molar-refractivity contribution >= 4 is 9.52 Å². The Hall–Kier alpha value is -0.699. The topological polar surface area (TPSA) is 0 Å². The van der Waals surface area contributed by atoms with E-state index in [2.05, 4.69) is 55.6 Å². The third kappa shape index (κ3) is 7.46. The van der Waals surface area contributed by atoms with Gasteiger partial charge in [-0.15, -0.1) is 5.56 Å². The SMILES string of the molecule is C[SiH]C.[Cl-].[Cl-].[Ti+4].[c-]1cccc2c1Cc1ccccc1-2.c1cc[cH-]c1. The molecule has 0 heterocycles. The predicted octanol–water partition coefficient (Wildman–Crippen LogP) is -1.01. The molecule has 0 spiro atoms. The minimum absolute atomic E-state index is 0. The fourth-order valence-electron chi connectivity index (χ4n) is 2.32. The van der Waals surface area contributed by atoms with Crippen LogP contribution in [0.5, 0.6) is 0 Å². The first kappa shape index (κ1) is 25.5. The average molecular weight is 408 g/mol. The summed E-state index contributed by atoms with van der Waals surface area (Å²) in [6, 6.07) is 28.1. The van der Waals surface area contributed by atoms with E-state index < -0.39 is 0 Å². The van der Waals surface area contributed by atoms with Crippen LogP contribution in [0.3, 0.4) is 0 Å². The molecule has 0 saturated heterocycles. The van der Waals surface area contributed by atoms with Crippen LogP contribution in [0.25, 0.3) is 11.1 Å². The van der Waals surface area contributed by atoms with Crippen molar-refractivity contribution in [2.24, 2.45) is 0 Å². The Bertz CT molecular complexity index is 594. The van der Waals surface area contributed by atoms with Crippen LogP contribution in [-0.2, 0) is 28.1 Å². The van der Waals surface area contributed by atoms with Crippen LogP contribution >= 0.6 is 0 Å². The van der Waals surface area contributed by atoms with Crippen molar-refractivity contribution in [2.45, 2.75) is 19.5 Å². The van der Waals surface area contributed by atoms with E-state index in [0.29, 0.717) is 0 Å². The van der Waals surface area contributed by atoms with Gasteiger partial charge in [0.05, 0.1) is 0 Å². The average Bonchev–Trinajstić information content (AvgIpc) is 3.19. The van der Waals surface area contributed by atoms with Gasteiger partial charge < -0.3 is 24.8 Å². The molecule has 0 N–H and O–H groups in total. The molecule has 3 aromatic rings. The Balaban J connectivity index is 0. The van der Waals surface area contributed by atoms with E-state index in [0.717, 1.165) is 15.9 Å². The van der Waals surface area contributed by atoms with Crippen molar-refractivity contribution in [1.82, 2.24) is 0 Å². The maximum atomic E-state index is 3.30. The maximum Gasteiger partial charge on any atom is 4.00 e. The minimum atomic E-state index is 0. The van der Waals surface area contributed by atoms with E-state index in [1.807, 2.05) is 36.4 Å². The second-order valence-corrected chi connectivity index (χ2v) is 6.09. The molecule has 0 atom stereocenters. The van der Waals surface area contributed by atoms with Crippen molar-refractivity contribution in [3.63, 3.8) is 0 Å². The van der Waals surface area contributed by atoms with Crippen LogP contribution in [-0.4, -0.2) is 9.52 Å². The maximum absolute atomic E-state index is 3.30. The van der Waals surface area contributed by atoms with Gasteiger partial charge >= 0.3 is 21.7 Å². The van der Waals surface area contributed by atoms with Crippen molar-refractivity contribution in [3.05, 3.63) is 90.0 Å². The van der Waals surface area contributed by atoms with E-state index >= 15 is 0 Å². The Morgan fingerprint density at radius 1 is 0.875 bits per heavy atom. The van der Waals surface area contributed by atoms with Gasteiger partial charge in [-0.05, 0) is 6.42 Å². The number of fused-ring (bicyclic) bond motifs is 3. The fraction of sp³-hybridized carbons (Fsp3) is 0.150. The van der Waals surface area contributed by atoms with Gasteiger partial charge in [0.15, 0.2) is 0 Å². The van der Waals surface area contributed by atoms with Gasteiger partial charge in [0.25, 0.3) is 0 Å². The van der Waals surface area contributed by atoms with E-state index in [1.54, 1.807) is 0 Å². The minimum Gasteiger partial charge on any atom is -1.00 e. The zero-order valence-corrected chi connectivity index (χ0v) is 18.2. The normalized spacial score (nSPS) is 9.08. The van der Waals surface area contributed by atoms with E-state index in [-0.39, 0.29) is 46.5 Å². The molecule has 0 amide bonds.